The smallest absolute Gasteiger partial charge is 0.352 e. The largest absolute Gasteiger partial charge is 0.417 e. The number of piperidine rings is 1. The van der Waals surface area contributed by atoms with E-state index in [1.807, 2.05) is 4.90 Å². The fourth-order valence-corrected chi connectivity index (χ4v) is 2.84. The Kier molecular flexibility index (Phi) is 4.75. The molecule has 0 amide bonds. The number of anilines is 1. The van der Waals surface area contributed by atoms with E-state index >= 15 is 0 Å². The molecule has 2 N–H and O–H groups in total. The molecule has 1 aromatic heterocycles. The van der Waals surface area contributed by atoms with Crippen LogP contribution in [-0.2, 0) is 6.18 Å². The van der Waals surface area contributed by atoms with Crippen molar-refractivity contribution >= 4 is 17.4 Å². The number of halogens is 4. The van der Waals surface area contributed by atoms with Crippen LogP contribution in [0.1, 0.15) is 31.2 Å². The molecule has 0 radical (unpaired) electrons. The Bertz CT molecular complexity index is 463. The molecule has 2 heterocycles. The van der Waals surface area contributed by atoms with Crippen LogP contribution < -0.4 is 10.6 Å². The second kappa shape index (κ2) is 6.18. The third-order valence-corrected chi connectivity index (χ3v) is 3.83. The van der Waals surface area contributed by atoms with Crippen LogP contribution in [0.15, 0.2) is 12.3 Å². The molecular formula is C13H17ClF3N3. The highest BCUT2D eigenvalue weighted by Gasteiger charge is 2.33. The maximum absolute atomic E-state index is 12.6. The molecule has 1 aliphatic heterocycles. The summed E-state index contributed by atoms with van der Waals surface area (Å²) in [5.74, 6) is 0.429. The van der Waals surface area contributed by atoms with Gasteiger partial charge in [-0.15, -0.1) is 0 Å². The van der Waals surface area contributed by atoms with Crippen molar-refractivity contribution in [1.29, 1.82) is 0 Å². The Balaban J connectivity index is 2.27. The summed E-state index contributed by atoms with van der Waals surface area (Å²) in [5.41, 5.74) is 4.77. The first-order chi connectivity index (χ1) is 9.43. The number of hydrogen-bond donors (Lipinski definition) is 1. The molecule has 20 heavy (non-hydrogen) atoms. The van der Waals surface area contributed by atoms with Crippen molar-refractivity contribution in [1.82, 2.24) is 4.98 Å². The second-order valence-corrected chi connectivity index (χ2v) is 5.35. The summed E-state index contributed by atoms with van der Waals surface area (Å²) in [7, 11) is 0. The van der Waals surface area contributed by atoms with Gasteiger partial charge in [0.25, 0.3) is 0 Å². The van der Waals surface area contributed by atoms with Crippen LogP contribution in [0.4, 0.5) is 19.0 Å². The van der Waals surface area contributed by atoms with E-state index in [9.17, 15) is 13.2 Å². The van der Waals surface area contributed by atoms with Crippen LogP contribution >= 0.6 is 11.6 Å². The highest BCUT2D eigenvalue weighted by molar-refractivity contribution is 6.33. The maximum Gasteiger partial charge on any atom is 0.417 e. The van der Waals surface area contributed by atoms with E-state index in [0.29, 0.717) is 12.4 Å². The van der Waals surface area contributed by atoms with Gasteiger partial charge in [0.05, 0.1) is 10.6 Å². The third kappa shape index (κ3) is 3.35. The van der Waals surface area contributed by atoms with Crippen molar-refractivity contribution < 1.29 is 13.2 Å². The first-order valence-electron chi connectivity index (χ1n) is 6.63. The van der Waals surface area contributed by atoms with Gasteiger partial charge >= 0.3 is 6.18 Å². The lowest BCUT2D eigenvalue weighted by Gasteiger charge is -2.37. The van der Waals surface area contributed by atoms with Crippen LogP contribution in [0, 0.1) is 0 Å². The Morgan fingerprint density at radius 3 is 2.75 bits per heavy atom. The van der Waals surface area contributed by atoms with Gasteiger partial charge in [-0.2, -0.15) is 13.2 Å². The topological polar surface area (TPSA) is 42.1 Å². The van der Waals surface area contributed by atoms with Crippen LogP contribution in [-0.4, -0.2) is 24.1 Å². The van der Waals surface area contributed by atoms with Gasteiger partial charge in [0.1, 0.15) is 5.82 Å². The highest BCUT2D eigenvalue weighted by Crippen LogP contribution is 2.35. The van der Waals surface area contributed by atoms with Crippen LogP contribution in [0.3, 0.4) is 0 Å². The minimum absolute atomic E-state index is 0.0451. The molecule has 1 saturated heterocycles. The van der Waals surface area contributed by atoms with Crippen LogP contribution in [0.2, 0.25) is 5.02 Å². The first-order valence-corrected chi connectivity index (χ1v) is 7.00. The summed E-state index contributed by atoms with van der Waals surface area (Å²) in [6.45, 7) is 1.29. The molecule has 1 fully saturated rings. The lowest BCUT2D eigenvalue weighted by Crippen LogP contribution is -2.41. The molecule has 0 aromatic carbocycles. The van der Waals surface area contributed by atoms with Gasteiger partial charge in [0.2, 0.25) is 0 Å². The van der Waals surface area contributed by atoms with Crippen molar-refractivity contribution in [3.8, 4) is 0 Å². The fraction of sp³-hybridized carbons (Fsp3) is 0.615. The van der Waals surface area contributed by atoms with Crippen molar-refractivity contribution in [3.63, 3.8) is 0 Å². The van der Waals surface area contributed by atoms with Crippen LogP contribution in [0.5, 0.6) is 0 Å². The average Bonchev–Trinajstić information content (AvgIpc) is 2.39. The number of pyridine rings is 1. The van der Waals surface area contributed by atoms with E-state index in [1.54, 1.807) is 0 Å². The molecule has 3 nitrogen and oxygen atoms in total. The minimum atomic E-state index is -4.42. The number of nitrogens with zero attached hydrogens (tertiary/aromatic N) is 2. The molecule has 0 saturated carbocycles. The Labute approximate surface area is 120 Å². The van der Waals surface area contributed by atoms with E-state index in [0.717, 1.165) is 44.5 Å². The van der Waals surface area contributed by atoms with Gasteiger partial charge in [-0.25, -0.2) is 4.98 Å². The Morgan fingerprint density at radius 2 is 2.15 bits per heavy atom. The molecule has 0 spiro atoms. The van der Waals surface area contributed by atoms with Crippen molar-refractivity contribution in [2.45, 2.75) is 37.9 Å². The maximum atomic E-state index is 12.6. The van der Waals surface area contributed by atoms with Crippen LogP contribution in [0.25, 0.3) is 0 Å². The Morgan fingerprint density at radius 1 is 1.40 bits per heavy atom. The molecule has 7 heteroatoms. The summed E-state index contributed by atoms with van der Waals surface area (Å²) in [6.07, 6.45) is 0.262. The molecule has 1 atom stereocenters. The summed E-state index contributed by atoms with van der Waals surface area (Å²) in [4.78, 5) is 5.92. The van der Waals surface area contributed by atoms with Gasteiger partial charge in [-0.3, -0.25) is 0 Å². The predicted octanol–water partition coefficient (Wildman–Crippen LogP) is 3.46. The summed E-state index contributed by atoms with van der Waals surface area (Å²) < 4.78 is 37.8. The summed E-state index contributed by atoms with van der Waals surface area (Å²) >= 11 is 6.00. The normalized spacial score (nSPS) is 20.2. The van der Waals surface area contributed by atoms with E-state index in [1.165, 1.54) is 0 Å². The zero-order valence-electron chi connectivity index (χ0n) is 11.0. The fourth-order valence-electron chi connectivity index (χ4n) is 2.57. The molecule has 2 rings (SSSR count). The molecule has 1 unspecified atom stereocenters. The van der Waals surface area contributed by atoms with E-state index < -0.39 is 11.7 Å². The van der Waals surface area contributed by atoms with Crippen molar-refractivity contribution in [3.05, 3.63) is 22.8 Å². The minimum Gasteiger partial charge on any atom is -0.352 e. The molecule has 1 aliphatic rings. The van der Waals surface area contributed by atoms with Crippen molar-refractivity contribution in [2.24, 2.45) is 5.73 Å². The van der Waals surface area contributed by atoms with E-state index in [2.05, 4.69) is 4.98 Å². The molecule has 112 valence electrons. The van der Waals surface area contributed by atoms with Gasteiger partial charge in [0.15, 0.2) is 0 Å². The average molecular weight is 308 g/mol. The lowest BCUT2D eigenvalue weighted by molar-refractivity contribution is -0.137. The van der Waals surface area contributed by atoms with Gasteiger partial charge in [-0.1, -0.05) is 11.6 Å². The molecular weight excluding hydrogens is 291 g/mol. The number of nitrogens with two attached hydrogens (primary N) is 1. The SMILES string of the molecule is NCCC1CCCCN1c1ncc(C(F)(F)F)cc1Cl. The Hall–Kier alpha value is -1.01. The van der Waals surface area contributed by atoms with E-state index in [-0.39, 0.29) is 11.1 Å². The molecule has 1 aromatic rings. The molecule has 0 bridgehead atoms. The van der Waals surface area contributed by atoms with Gasteiger partial charge < -0.3 is 10.6 Å². The second-order valence-electron chi connectivity index (χ2n) is 4.95. The van der Waals surface area contributed by atoms with E-state index in [4.69, 9.17) is 17.3 Å². The zero-order chi connectivity index (χ0) is 14.8. The number of rotatable bonds is 3. The monoisotopic (exact) mass is 307 g/mol. The quantitative estimate of drug-likeness (QED) is 0.930. The van der Waals surface area contributed by atoms with Crippen molar-refractivity contribution in [2.75, 3.05) is 18.0 Å². The molecule has 0 aliphatic carbocycles. The zero-order valence-corrected chi connectivity index (χ0v) is 11.7. The number of hydrogen-bond acceptors (Lipinski definition) is 3. The first kappa shape index (κ1) is 15.4. The standard InChI is InChI=1S/C13H17ClF3N3/c14-11-7-9(13(15,16)17)8-19-12(11)20-6-2-1-3-10(20)4-5-18/h7-8,10H,1-6,18H2. The third-order valence-electron chi connectivity index (χ3n) is 3.55. The summed E-state index contributed by atoms with van der Waals surface area (Å²) in [6, 6.07) is 1.15. The lowest BCUT2D eigenvalue weighted by atomic mass is 9.99. The predicted molar refractivity (Wildman–Crippen MR) is 72.9 cm³/mol. The highest BCUT2D eigenvalue weighted by atomic mass is 35.5. The summed E-state index contributed by atoms with van der Waals surface area (Å²) in [5, 5.41) is 0.0451. The van der Waals surface area contributed by atoms with Gasteiger partial charge in [-0.05, 0) is 38.3 Å². The van der Waals surface area contributed by atoms with Gasteiger partial charge in [0, 0.05) is 18.8 Å². The number of aromatic nitrogens is 1. The number of alkyl halides is 3.